The molecule has 0 saturated carbocycles. The molecule has 0 aromatic heterocycles. The fraction of sp³-hybridized carbons (Fsp3) is 0.364. The molecule has 154 valence electrons. The average molecular weight is 415 g/mol. The molecule has 3 rings (SSSR count). The van der Waals surface area contributed by atoms with Gasteiger partial charge in [0.2, 0.25) is 5.91 Å². The Balaban J connectivity index is 1.68. The Labute approximate surface area is 171 Å². The van der Waals surface area contributed by atoms with Crippen molar-refractivity contribution < 1.29 is 18.0 Å². The van der Waals surface area contributed by atoms with E-state index in [0.717, 1.165) is 11.1 Å². The number of carbonyl (C=O) groups is 2. The first-order valence-corrected chi connectivity index (χ1v) is 11.6. The van der Waals surface area contributed by atoms with E-state index in [1.807, 2.05) is 55.5 Å². The van der Waals surface area contributed by atoms with Crippen LogP contribution in [-0.2, 0) is 21.1 Å². The van der Waals surface area contributed by atoms with Gasteiger partial charge in [0.25, 0.3) is 5.91 Å². The molecule has 1 fully saturated rings. The molecule has 29 heavy (non-hydrogen) atoms. The lowest BCUT2D eigenvalue weighted by Crippen LogP contribution is -2.44. The second-order valence-corrected chi connectivity index (χ2v) is 9.54. The Morgan fingerprint density at radius 2 is 1.76 bits per heavy atom. The van der Waals surface area contributed by atoms with Gasteiger partial charge in [-0.05, 0) is 37.0 Å². The van der Waals surface area contributed by atoms with Crippen LogP contribution in [0, 0.1) is 0 Å². The summed E-state index contributed by atoms with van der Waals surface area (Å²) in [6.45, 7) is 2.12. The number of likely N-dealkylation sites (N-methyl/N-ethyl adjacent to an activating group) is 1. The normalized spacial score (nSPS) is 17.6. The summed E-state index contributed by atoms with van der Waals surface area (Å²) in [7, 11) is -3.07. The molecule has 1 aliphatic rings. The number of rotatable bonds is 7. The molecular formula is C22H26N2O4S. The molecule has 0 spiro atoms. The Bertz CT molecular complexity index is 973. The number of nitrogens with zero attached hydrogens (tertiary/aromatic N) is 1. The minimum absolute atomic E-state index is 0.0290. The van der Waals surface area contributed by atoms with Gasteiger partial charge in [-0.15, -0.1) is 0 Å². The molecule has 0 aliphatic carbocycles. The summed E-state index contributed by atoms with van der Waals surface area (Å²) < 4.78 is 23.1. The van der Waals surface area contributed by atoms with Crippen LogP contribution >= 0.6 is 0 Å². The van der Waals surface area contributed by atoms with Gasteiger partial charge in [-0.3, -0.25) is 9.59 Å². The molecule has 1 N–H and O–H groups in total. The Morgan fingerprint density at radius 3 is 2.41 bits per heavy atom. The van der Waals surface area contributed by atoms with Crippen molar-refractivity contribution in [2.24, 2.45) is 0 Å². The van der Waals surface area contributed by atoms with Gasteiger partial charge in [-0.1, -0.05) is 48.5 Å². The third-order valence-corrected chi connectivity index (χ3v) is 6.85. The molecule has 1 heterocycles. The standard InChI is InChI=1S/C22H26N2O4S/c1-2-24(15-21(25)23-19-12-13-29(27,28)16-19)22(26)20-11-7-6-10-18(20)14-17-8-4-3-5-9-17/h3-11,19H,2,12-16H2,1H3,(H,23,25)/t19-/m1/s1. The van der Waals surface area contributed by atoms with Gasteiger partial charge in [0.05, 0.1) is 18.1 Å². The first-order chi connectivity index (χ1) is 13.9. The molecule has 6 nitrogen and oxygen atoms in total. The number of benzene rings is 2. The van der Waals surface area contributed by atoms with Crippen LogP contribution in [0.3, 0.4) is 0 Å². The molecule has 2 aromatic carbocycles. The smallest absolute Gasteiger partial charge is 0.254 e. The molecule has 7 heteroatoms. The first kappa shape index (κ1) is 21.0. The van der Waals surface area contributed by atoms with E-state index >= 15 is 0 Å². The molecule has 1 aliphatic heterocycles. The third-order valence-electron chi connectivity index (χ3n) is 5.09. The largest absolute Gasteiger partial charge is 0.351 e. The fourth-order valence-electron chi connectivity index (χ4n) is 3.55. The van der Waals surface area contributed by atoms with Gasteiger partial charge in [0, 0.05) is 18.2 Å². The van der Waals surface area contributed by atoms with Gasteiger partial charge in [-0.2, -0.15) is 0 Å². The van der Waals surface area contributed by atoms with E-state index < -0.39 is 9.84 Å². The molecular weight excluding hydrogens is 388 g/mol. The van der Waals surface area contributed by atoms with Crippen molar-refractivity contribution in [1.29, 1.82) is 0 Å². The van der Waals surface area contributed by atoms with Crippen molar-refractivity contribution in [1.82, 2.24) is 10.2 Å². The zero-order chi connectivity index (χ0) is 20.9. The van der Waals surface area contributed by atoms with E-state index in [0.29, 0.717) is 24.9 Å². The molecule has 1 atom stereocenters. The van der Waals surface area contributed by atoms with Crippen molar-refractivity contribution in [3.63, 3.8) is 0 Å². The summed E-state index contributed by atoms with van der Waals surface area (Å²) in [5.74, 6) is -0.462. The summed E-state index contributed by atoms with van der Waals surface area (Å²) in [5, 5.41) is 2.75. The Hall–Kier alpha value is -2.67. The van der Waals surface area contributed by atoms with Crippen LogP contribution in [-0.4, -0.2) is 55.8 Å². The molecule has 2 aromatic rings. The summed E-state index contributed by atoms with van der Waals surface area (Å²) in [5.41, 5.74) is 2.59. The highest BCUT2D eigenvalue weighted by atomic mass is 32.2. The maximum absolute atomic E-state index is 13.1. The maximum atomic E-state index is 13.1. The van der Waals surface area contributed by atoms with Crippen molar-refractivity contribution >= 4 is 21.7 Å². The Morgan fingerprint density at radius 1 is 1.07 bits per heavy atom. The van der Waals surface area contributed by atoms with Crippen molar-refractivity contribution in [3.05, 3.63) is 71.3 Å². The lowest BCUT2D eigenvalue weighted by atomic mass is 9.99. The van der Waals surface area contributed by atoms with Gasteiger partial charge in [0.15, 0.2) is 9.84 Å². The van der Waals surface area contributed by atoms with E-state index in [-0.39, 0.29) is 35.9 Å². The minimum atomic E-state index is -3.07. The highest BCUT2D eigenvalue weighted by Crippen LogP contribution is 2.17. The molecule has 0 unspecified atom stereocenters. The van der Waals surface area contributed by atoms with Crippen molar-refractivity contribution in [2.45, 2.75) is 25.8 Å². The van der Waals surface area contributed by atoms with E-state index in [2.05, 4.69) is 5.32 Å². The minimum Gasteiger partial charge on any atom is -0.351 e. The molecule has 0 radical (unpaired) electrons. The van der Waals surface area contributed by atoms with Crippen LogP contribution in [0.4, 0.5) is 0 Å². The van der Waals surface area contributed by atoms with Gasteiger partial charge >= 0.3 is 0 Å². The zero-order valence-electron chi connectivity index (χ0n) is 16.5. The first-order valence-electron chi connectivity index (χ1n) is 9.79. The van der Waals surface area contributed by atoms with Crippen LogP contribution in [0.25, 0.3) is 0 Å². The summed E-state index contributed by atoms with van der Waals surface area (Å²) in [6.07, 6.45) is 1.06. The number of amides is 2. The maximum Gasteiger partial charge on any atom is 0.254 e. The van der Waals surface area contributed by atoms with Crippen LogP contribution < -0.4 is 5.32 Å². The van der Waals surface area contributed by atoms with Crippen LogP contribution in [0.5, 0.6) is 0 Å². The van der Waals surface area contributed by atoms with Crippen LogP contribution in [0.1, 0.15) is 34.8 Å². The quantitative estimate of drug-likeness (QED) is 0.752. The second-order valence-electron chi connectivity index (χ2n) is 7.31. The highest BCUT2D eigenvalue weighted by molar-refractivity contribution is 7.91. The van der Waals surface area contributed by atoms with E-state index in [1.54, 1.807) is 6.07 Å². The monoisotopic (exact) mass is 414 g/mol. The van der Waals surface area contributed by atoms with Gasteiger partial charge in [0.1, 0.15) is 0 Å². The summed E-state index contributed by atoms with van der Waals surface area (Å²) in [6, 6.07) is 17.0. The van der Waals surface area contributed by atoms with Crippen molar-refractivity contribution in [2.75, 3.05) is 24.6 Å². The number of sulfone groups is 1. The van der Waals surface area contributed by atoms with Crippen LogP contribution in [0.15, 0.2) is 54.6 Å². The van der Waals surface area contributed by atoms with E-state index in [9.17, 15) is 18.0 Å². The summed E-state index contributed by atoms with van der Waals surface area (Å²) >= 11 is 0. The predicted molar refractivity (Wildman–Crippen MR) is 112 cm³/mol. The highest BCUT2D eigenvalue weighted by Gasteiger charge is 2.29. The zero-order valence-corrected chi connectivity index (χ0v) is 17.3. The number of hydrogen-bond acceptors (Lipinski definition) is 4. The number of carbonyl (C=O) groups excluding carboxylic acids is 2. The number of hydrogen-bond donors (Lipinski definition) is 1. The van der Waals surface area contributed by atoms with Gasteiger partial charge in [-0.25, -0.2) is 8.42 Å². The SMILES string of the molecule is CCN(CC(=O)N[C@@H]1CCS(=O)(=O)C1)C(=O)c1ccccc1Cc1ccccc1. The molecule has 2 amide bonds. The van der Waals surface area contributed by atoms with Crippen molar-refractivity contribution in [3.8, 4) is 0 Å². The van der Waals surface area contributed by atoms with E-state index in [4.69, 9.17) is 0 Å². The fourth-order valence-corrected chi connectivity index (χ4v) is 5.23. The van der Waals surface area contributed by atoms with Gasteiger partial charge < -0.3 is 10.2 Å². The molecule has 0 bridgehead atoms. The third kappa shape index (κ3) is 5.67. The Kier molecular flexibility index (Phi) is 6.69. The topological polar surface area (TPSA) is 83.6 Å². The lowest BCUT2D eigenvalue weighted by molar-refractivity contribution is -0.122. The summed E-state index contributed by atoms with van der Waals surface area (Å²) in [4.78, 5) is 27.0. The van der Waals surface area contributed by atoms with Crippen LogP contribution in [0.2, 0.25) is 0 Å². The second kappa shape index (κ2) is 9.22. The number of nitrogens with one attached hydrogen (secondary N) is 1. The average Bonchev–Trinajstić information content (AvgIpc) is 3.05. The molecule has 1 saturated heterocycles. The van der Waals surface area contributed by atoms with E-state index in [1.165, 1.54) is 4.90 Å². The predicted octanol–water partition coefficient (Wildman–Crippen LogP) is 2.04. The lowest BCUT2D eigenvalue weighted by Gasteiger charge is -2.23.